The number of hydrogen-bond donors (Lipinski definition) is 2. The second-order valence-electron chi connectivity index (χ2n) is 8.83. The monoisotopic (exact) mass is 508 g/mol. The second-order valence-corrected chi connectivity index (χ2v) is 9.86. The van der Waals surface area contributed by atoms with Crippen LogP contribution in [0.3, 0.4) is 0 Å². The molecule has 1 saturated heterocycles. The van der Waals surface area contributed by atoms with Crippen LogP contribution in [0.1, 0.15) is 46.6 Å². The number of nitrogens with two attached hydrogens (primary N) is 1. The van der Waals surface area contributed by atoms with Gasteiger partial charge in [0.2, 0.25) is 18.6 Å². The predicted molar refractivity (Wildman–Crippen MR) is 132 cm³/mol. The molecule has 0 radical (unpaired) electrons. The van der Waals surface area contributed by atoms with E-state index in [1.54, 1.807) is 23.1 Å². The van der Waals surface area contributed by atoms with Crippen LogP contribution in [0.5, 0.6) is 11.5 Å². The molecule has 0 atom stereocenters. The van der Waals surface area contributed by atoms with E-state index in [4.69, 9.17) is 20.0 Å². The highest BCUT2D eigenvalue weighted by atomic mass is 32.1. The number of oxime groups is 1. The Balaban J connectivity index is 1.36. The number of benzene rings is 1. The Kier molecular flexibility index (Phi) is 5.80. The quantitative estimate of drug-likeness (QED) is 0.268. The van der Waals surface area contributed by atoms with Crippen LogP contribution in [0.25, 0.3) is 10.2 Å². The largest absolute Gasteiger partial charge is 0.454 e. The summed E-state index contributed by atoms with van der Waals surface area (Å²) in [6.45, 7) is 1.54. The van der Waals surface area contributed by atoms with E-state index in [2.05, 4.69) is 20.4 Å². The summed E-state index contributed by atoms with van der Waals surface area (Å²) in [5.41, 5.74) is 7.58. The number of nitrogen functional groups attached to an aromatic ring is 1. The van der Waals surface area contributed by atoms with Gasteiger partial charge < -0.3 is 30.3 Å². The van der Waals surface area contributed by atoms with Crippen LogP contribution in [0.4, 0.5) is 5.95 Å². The van der Waals surface area contributed by atoms with Gasteiger partial charge in [0.1, 0.15) is 22.8 Å². The molecule has 0 bridgehead atoms. The number of aromatic nitrogens is 2. The molecule has 36 heavy (non-hydrogen) atoms. The van der Waals surface area contributed by atoms with Gasteiger partial charge >= 0.3 is 0 Å². The van der Waals surface area contributed by atoms with Crippen LogP contribution in [0, 0.1) is 0 Å². The zero-order chi connectivity index (χ0) is 24.6. The highest BCUT2D eigenvalue weighted by Crippen LogP contribution is 2.35. The first-order valence-corrected chi connectivity index (χ1v) is 12.6. The third-order valence-corrected chi connectivity index (χ3v) is 7.22. The molecule has 2 fully saturated rings. The average Bonchev–Trinajstić information content (AvgIpc) is 3.22. The lowest BCUT2D eigenvalue weighted by atomic mass is 10.0. The minimum Gasteiger partial charge on any atom is -0.454 e. The minimum absolute atomic E-state index is 0.0598. The van der Waals surface area contributed by atoms with E-state index < -0.39 is 0 Å². The zero-order valence-corrected chi connectivity index (χ0v) is 20.2. The van der Waals surface area contributed by atoms with Crippen molar-refractivity contribution in [1.29, 1.82) is 0 Å². The van der Waals surface area contributed by atoms with Gasteiger partial charge in [-0.25, -0.2) is 9.97 Å². The van der Waals surface area contributed by atoms with Gasteiger partial charge in [0.25, 0.3) is 5.91 Å². The summed E-state index contributed by atoms with van der Waals surface area (Å²) in [4.78, 5) is 42.0. The molecule has 1 aromatic carbocycles. The summed E-state index contributed by atoms with van der Waals surface area (Å²) >= 11 is 1.25. The SMILES string of the molecule is Nc1nc(/C(=N\OCCN2CCCC2=O)c2ccc3c(c2)OCO3)c2cc(C(=O)NC3CC3)sc2n1. The maximum absolute atomic E-state index is 12.7. The van der Waals surface area contributed by atoms with Crippen molar-refractivity contribution < 1.29 is 23.9 Å². The molecule has 3 aromatic rings. The number of nitrogens with one attached hydrogen (secondary N) is 1. The van der Waals surface area contributed by atoms with Gasteiger partial charge in [-0.1, -0.05) is 5.16 Å². The second kappa shape index (κ2) is 9.26. The van der Waals surface area contributed by atoms with E-state index in [0.717, 1.165) is 25.8 Å². The van der Waals surface area contributed by atoms with Crippen LogP contribution in [0.2, 0.25) is 0 Å². The number of nitrogens with zero attached hydrogens (tertiary/aromatic N) is 4. The summed E-state index contributed by atoms with van der Waals surface area (Å²) in [6.07, 6.45) is 3.42. The molecule has 3 N–H and O–H groups in total. The number of thiophene rings is 1. The van der Waals surface area contributed by atoms with Crippen molar-refractivity contribution in [3.63, 3.8) is 0 Å². The van der Waals surface area contributed by atoms with Gasteiger partial charge in [-0.3, -0.25) is 9.59 Å². The normalized spacial score (nSPS) is 17.2. The van der Waals surface area contributed by atoms with Crippen molar-refractivity contribution in [3.8, 4) is 11.5 Å². The molecular weight excluding hydrogens is 484 g/mol. The molecule has 2 amide bonds. The van der Waals surface area contributed by atoms with E-state index in [-0.39, 0.29) is 37.2 Å². The van der Waals surface area contributed by atoms with E-state index in [1.807, 2.05) is 6.07 Å². The number of carbonyl (C=O) groups is 2. The van der Waals surface area contributed by atoms with Crippen molar-refractivity contribution in [1.82, 2.24) is 20.2 Å². The van der Waals surface area contributed by atoms with E-state index in [1.165, 1.54) is 11.3 Å². The van der Waals surface area contributed by atoms with Crippen molar-refractivity contribution in [3.05, 3.63) is 40.4 Å². The van der Waals surface area contributed by atoms with Gasteiger partial charge in [-0.05, 0) is 43.5 Å². The molecule has 3 aliphatic rings. The van der Waals surface area contributed by atoms with Crippen LogP contribution in [0.15, 0.2) is 29.4 Å². The van der Waals surface area contributed by atoms with Crippen molar-refractivity contribution in [2.24, 2.45) is 5.16 Å². The van der Waals surface area contributed by atoms with E-state index in [9.17, 15) is 9.59 Å². The first-order valence-electron chi connectivity index (χ1n) is 11.8. The molecule has 2 aromatic heterocycles. The standard InChI is InChI=1S/C24H24N6O5S/c25-24-27-21(15-11-18(36-23(15)28-24)22(32)26-14-4-5-14)20(13-3-6-16-17(10-13)34-12-33-16)29-35-9-8-30-7-1-2-19(30)31/h3,6,10-11,14H,1-2,4-5,7-9,12H2,(H,26,32)(H2,25,27,28)/b29-20-. The Morgan fingerprint density at radius 1 is 1.25 bits per heavy atom. The number of likely N-dealkylation sites (tertiary alicyclic amines) is 1. The summed E-state index contributed by atoms with van der Waals surface area (Å²) in [7, 11) is 0. The molecule has 6 rings (SSSR count). The Bertz CT molecular complexity index is 1380. The van der Waals surface area contributed by atoms with Crippen molar-refractivity contribution in [2.45, 2.75) is 31.7 Å². The molecule has 0 spiro atoms. The number of carbonyl (C=O) groups excluding carboxylic acids is 2. The molecule has 4 heterocycles. The summed E-state index contributed by atoms with van der Waals surface area (Å²) < 4.78 is 11.0. The number of amides is 2. The lowest BCUT2D eigenvalue weighted by Crippen LogP contribution is -2.28. The zero-order valence-electron chi connectivity index (χ0n) is 19.4. The van der Waals surface area contributed by atoms with Crippen LogP contribution in [-0.4, -0.2) is 64.9 Å². The number of rotatable bonds is 8. The van der Waals surface area contributed by atoms with Gasteiger partial charge in [0.05, 0.1) is 11.4 Å². The van der Waals surface area contributed by atoms with Gasteiger partial charge in [-0.2, -0.15) is 0 Å². The topological polar surface area (TPSA) is 141 Å². The number of anilines is 1. The molecular formula is C24H24N6O5S. The smallest absolute Gasteiger partial charge is 0.261 e. The Labute approximate surface area is 210 Å². The average molecular weight is 509 g/mol. The first kappa shape index (κ1) is 22.5. The Hall–Kier alpha value is -3.93. The van der Waals surface area contributed by atoms with E-state index >= 15 is 0 Å². The third-order valence-electron chi connectivity index (χ3n) is 6.20. The fraction of sp³-hybridized carbons (Fsp3) is 0.375. The van der Waals surface area contributed by atoms with Gasteiger partial charge in [0, 0.05) is 30.0 Å². The number of ether oxygens (including phenoxy) is 2. The van der Waals surface area contributed by atoms with Crippen molar-refractivity contribution in [2.75, 3.05) is 32.2 Å². The number of fused-ring (bicyclic) bond motifs is 2. The maximum atomic E-state index is 12.7. The first-order chi connectivity index (χ1) is 17.5. The summed E-state index contributed by atoms with van der Waals surface area (Å²) in [6, 6.07) is 7.42. The van der Waals surface area contributed by atoms with Gasteiger partial charge in [-0.15, -0.1) is 11.3 Å². The van der Waals surface area contributed by atoms with Crippen molar-refractivity contribution >= 4 is 45.0 Å². The lowest BCUT2D eigenvalue weighted by Gasteiger charge is -2.14. The molecule has 186 valence electrons. The molecule has 1 saturated carbocycles. The highest BCUT2D eigenvalue weighted by Gasteiger charge is 2.27. The highest BCUT2D eigenvalue weighted by molar-refractivity contribution is 7.20. The Morgan fingerprint density at radius 3 is 2.92 bits per heavy atom. The molecule has 2 aliphatic heterocycles. The Morgan fingerprint density at radius 2 is 2.11 bits per heavy atom. The fourth-order valence-electron chi connectivity index (χ4n) is 4.19. The molecule has 11 nitrogen and oxygen atoms in total. The van der Waals surface area contributed by atoms with Crippen LogP contribution < -0.4 is 20.5 Å². The van der Waals surface area contributed by atoms with E-state index in [0.29, 0.717) is 56.5 Å². The summed E-state index contributed by atoms with van der Waals surface area (Å²) in [5.74, 6) is 1.26. The summed E-state index contributed by atoms with van der Waals surface area (Å²) in [5, 5.41) is 8.06. The molecule has 1 aliphatic carbocycles. The minimum atomic E-state index is -0.141. The van der Waals surface area contributed by atoms with Crippen LogP contribution >= 0.6 is 11.3 Å². The van der Waals surface area contributed by atoms with Gasteiger partial charge in [0.15, 0.2) is 11.5 Å². The molecule has 12 heteroatoms. The fourth-order valence-corrected chi connectivity index (χ4v) is 5.13. The number of hydrogen-bond acceptors (Lipinski definition) is 10. The molecule has 0 unspecified atom stereocenters. The lowest BCUT2D eigenvalue weighted by molar-refractivity contribution is -0.128. The van der Waals surface area contributed by atoms with Crippen LogP contribution in [-0.2, 0) is 9.63 Å². The predicted octanol–water partition coefficient (Wildman–Crippen LogP) is 2.29. The third kappa shape index (κ3) is 4.51. The maximum Gasteiger partial charge on any atom is 0.261 e.